The van der Waals surface area contributed by atoms with E-state index in [0.29, 0.717) is 32.1 Å². The Morgan fingerprint density at radius 2 is 1.77 bits per heavy atom. The summed E-state index contributed by atoms with van der Waals surface area (Å²) in [5, 5.41) is 0. The number of piperidine rings is 1. The van der Waals surface area contributed by atoms with Gasteiger partial charge in [0.2, 0.25) is 0 Å². The molecular weight excluding hydrogens is 442 g/mol. The van der Waals surface area contributed by atoms with Crippen LogP contribution in [0.2, 0.25) is 0 Å². The molecule has 3 heterocycles. The Hall–Kier alpha value is -2.87. The highest BCUT2D eigenvalue weighted by atomic mass is 16.5. The highest BCUT2D eigenvalue weighted by Crippen LogP contribution is 2.39. The van der Waals surface area contributed by atoms with Crippen LogP contribution in [0.3, 0.4) is 0 Å². The van der Waals surface area contributed by atoms with Crippen molar-refractivity contribution < 1.29 is 19.0 Å². The maximum atomic E-state index is 13.6. The van der Waals surface area contributed by atoms with Gasteiger partial charge in [0.15, 0.2) is 0 Å². The van der Waals surface area contributed by atoms with Gasteiger partial charge in [-0.3, -0.25) is 19.5 Å². The Kier molecular flexibility index (Phi) is 7.66. The normalized spacial score (nSPS) is 20.3. The summed E-state index contributed by atoms with van der Waals surface area (Å²) in [5.41, 5.74) is 3.42. The second-order valence-corrected chi connectivity index (χ2v) is 9.33. The number of fused-ring (bicyclic) bond motifs is 1. The minimum Gasteiger partial charge on any atom is -0.496 e. The Balaban J connectivity index is 1.36. The summed E-state index contributed by atoms with van der Waals surface area (Å²) >= 11 is 0. The van der Waals surface area contributed by atoms with E-state index in [0.717, 1.165) is 61.0 Å². The smallest absolute Gasteiger partial charge is 0.260 e. The number of rotatable bonds is 8. The number of methoxy groups -OCH3 is 1. The molecule has 0 aliphatic carbocycles. The van der Waals surface area contributed by atoms with Gasteiger partial charge in [-0.2, -0.15) is 0 Å². The van der Waals surface area contributed by atoms with Crippen LogP contribution in [0.15, 0.2) is 42.5 Å². The zero-order valence-electron chi connectivity index (χ0n) is 20.6. The van der Waals surface area contributed by atoms with Crippen LogP contribution in [0.4, 0.5) is 5.69 Å². The zero-order chi connectivity index (χ0) is 24.0. The molecule has 2 aromatic rings. The predicted molar refractivity (Wildman–Crippen MR) is 138 cm³/mol. The summed E-state index contributed by atoms with van der Waals surface area (Å²) < 4.78 is 17.2. The van der Waals surface area contributed by atoms with Crippen molar-refractivity contribution in [3.05, 3.63) is 53.6 Å². The van der Waals surface area contributed by atoms with Crippen LogP contribution >= 0.6 is 0 Å². The number of benzene rings is 2. The van der Waals surface area contributed by atoms with Gasteiger partial charge in [0, 0.05) is 36.3 Å². The first-order valence-electron chi connectivity index (χ1n) is 12.7. The molecule has 0 N–H and O–H groups in total. The van der Waals surface area contributed by atoms with Crippen LogP contribution < -0.4 is 14.4 Å². The van der Waals surface area contributed by atoms with Crippen molar-refractivity contribution in [3.8, 4) is 11.5 Å². The van der Waals surface area contributed by atoms with Gasteiger partial charge in [-0.25, -0.2) is 0 Å². The average molecular weight is 478 g/mol. The number of carbonyl (C=O) groups is 1. The van der Waals surface area contributed by atoms with Gasteiger partial charge in [0.1, 0.15) is 18.1 Å². The molecule has 1 amide bonds. The summed E-state index contributed by atoms with van der Waals surface area (Å²) in [5.74, 6) is 1.52. The lowest BCUT2D eigenvalue weighted by atomic mass is 10.0. The molecule has 186 valence electrons. The van der Waals surface area contributed by atoms with Gasteiger partial charge in [-0.05, 0) is 56.3 Å². The van der Waals surface area contributed by atoms with Crippen LogP contribution in [-0.4, -0.2) is 82.0 Å². The number of hydrogen-bond donors (Lipinski definition) is 0. The van der Waals surface area contributed by atoms with E-state index in [9.17, 15) is 4.79 Å². The van der Waals surface area contributed by atoms with Gasteiger partial charge in [0.25, 0.3) is 5.91 Å². The molecule has 7 heteroatoms. The predicted octanol–water partition coefficient (Wildman–Crippen LogP) is 3.74. The van der Waals surface area contributed by atoms with E-state index >= 15 is 0 Å². The first kappa shape index (κ1) is 23.9. The molecule has 2 aromatic carbocycles. The summed E-state index contributed by atoms with van der Waals surface area (Å²) in [7, 11) is 1.66. The molecule has 5 rings (SSSR count). The lowest BCUT2D eigenvalue weighted by Gasteiger charge is -2.30. The quantitative estimate of drug-likeness (QED) is 0.540. The zero-order valence-corrected chi connectivity index (χ0v) is 20.6. The van der Waals surface area contributed by atoms with Crippen molar-refractivity contribution in [1.29, 1.82) is 0 Å². The third-order valence-electron chi connectivity index (χ3n) is 7.03. The molecule has 2 saturated heterocycles. The van der Waals surface area contributed by atoms with Crippen LogP contribution in [0.5, 0.6) is 11.5 Å². The lowest BCUT2D eigenvalue weighted by molar-refractivity contribution is -0.113. The number of para-hydroxylation sites is 1. The Labute approximate surface area is 207 Å². The standard InChI is InChI=1S/C28H35N3O4/c1-33-27-10-9-23(35-18-15-29-11-5-2-6-12-29)19-22(27)20-25-24-7-3-4-8-26(24)31(28(25)32)21-30-13-16-34-17-14-30/h3-4,7-10,19-20H,2,5-6,11-18,21H2,1H3/b25-20+. The Bertz CT molecular complexity index is 1060. The highest BCUT2D eigenvalue weighted by molar-refractivity contribution is 6.35. The molecule has 0 aromatic heterocycles. The summed E-state index contributed by atoms with van der Waals surface area (Å²) in [6, 6.07) is 13.8. The maximum Gasteiger partial charge on any atom is 0.260 e. The van der Waals surface area contributed by atoms with Gasteiger partial charge >= 0.3 is 0 Å². The molecule has 3 aliphatic rings. The number of hydrogen-bond acceptors (Lipinski definition) is 6. The Morgan fingerprint density at radius 1 is 0.971 bits per heavy atom. The molecule has 35 heavy (non-hydrogen) atoms. The van der Waals surface area contributed by atoms with Gasteiger partial charge in [0.05, 0.1) is 32.7 Å². The lowest BCUT2D eigenvalue weighted by Crippen LogP contribution is -2.45. The minimum atomic E-state index is 0.0103. The molecule has 0 saturated carbocycles. The van der Waals surface area contributed by atoms with Gasteiger partial charge < -0.3 is 14.2 Å². The molecule has 7 nitrogen and oxygen atoms in total. The van der Waals surface area contributed by atoms with Gasteiger partial charge in [-0.15, -0.1) is 0 Å². The first-order valence-corrected chi connectivity index (χ1v) is 12.7. The van der Waals surface area contributed by atoms with Crippen LogP contribution in [0.1, 0.15) is 30.4 Å². The summed E-state index contributed by atoms with van der Waals surface area (Å²) in [6.45, 7) is 7.53. The molecule has 2 fully saturated rings. The largest absolute Gasteiger partial charge is 0.496 e. The molecule has 0 bridgehead atoms. The number of carbonyl (C=O) groups excluding carboxylic acids is 1. The molecule has 3 aliphatic heterocycles. The maximum absolute atomic E-state index is 13.6. The fraction of sp³-hybridized carbons (Fsp3) is 0.464. The van der Waals surface area contributed by atoms with Crippen LogP contribution in [0, 0.1) is 0 Å². The van der Waals surface area contributed by atoms with Crippen LogP contribution in [-0.2, 0) is 9.53 Å². The number of nitrogens with zero attached hydrogens (tertiary/aromatic N) is 3. The van der Waals surface area contributed by atoms with Crippen molar-refractivity contribution in [2.24, 2.45) is 0 Å². The van der Waals surface area contributed by atoms with E-state index < -0.39 is 0 Å². The van der Waals surface area contributed by atoms with Crippen molar-refractivity contribution >= 4 is 23.2 Å². The number of ether oxygens (including phenoxy) is 3. The molecule has 0 radical (unpaired) electrons. The third-order valence-corrected chi connectivity index (χ3v) is 7.03. The second-order valence-electron chi connectivity index (χ2n) is 9.33. The molecule has 0 spiro atoms. The van der Waals surface area contributed by atoms with Gasteiger partial charge in [-0.1, -0.05) is 24.6 Å². The Morgan fingerprint density at radius 3 is 2.57 bits per heavy atom. The number of likely N-dealkylation sites (tertiary alicyclic amines) is 1. The fourth-order valence-corrected chi connectivity index (χ4v) is 5.08. The fourth-order valence-electron chi connectivity index (χ4n) is 5.08. The molecule has 0 unspecified atom stereocenters. The third kappa shape index (κ3) is 5.53. The number of amides is 1. The average Bonchev–Trinajstić information content (AvgIpc) is 3.16. The monoisotopic (exact) mass is 477 g/mol. The van der Waals surface area contributed by atoms with E-state index in [-0.39, 0.29) is 5.91 Å². The minimum absolute atomic E-state index is 0.0103. The summed E-state index contributed by atoms with van der Waals surface area (Å²) in [6.07, 6.45) is 5.83. The topological polar surface area (TPSA) is 54.5 Å². The molecule has 0 atom stereocenters. The van der Waals surface area contributed by atoms with E-state index in [1.54, 1.807) is 7.11 Å². The van der Waals surface area contributed by atoms with Crippen molar-refractivity contribution in [2.45, 2.75) is 19.3 Å². The highest BCUT2D eigenvalue weighted by Gasteiger charge is 2.33. The molecular formula is C28H35N3O4. The van der Waals surface area contributed by atoms with E-state index in [1.165, 1.54) is 19.3 Å². The van der Waals surface area contributed by atoms with E-state index in [4.69, 9.17) is 14.2 Å². The SMILES string of the molecule is COc1ccc(OCCN2CCCCC2)cc1/C=C1/C(=O)N(CN2CCOCC2)c2ccccc21. The number of morpholine rings is 1. The number of anilines is 1. The van der Waals surface area contributed by atoms with E-state index in [1.807, 2.05) is 53.4 Å². The summed E-state index contributed by atoms with van der Waals surface area (Å²) in [4.78, 5) is 20.2. The first-order chi connectivity index (χ1) is 17.2. The van der Waals surface area contributed by atoms with Crippen molar-refractivity contribution in [1.82, 2.24) is 9.80 Å². The van der Waals surface area contributed by atoms with Crippen LogP contribution in [0.25, 0.3) is 11.6 Å². The van der Waals surface area contributed by atoms with Crippen molar-refractivity contribution in [3.63, 3.8) is 0 Å². The second kappa shape index (κ2) is 11.2. The van der Waals surface area contributed by atoms with E-state index in [2.05, 4.69) is 9.80 Å². The van der Waals surface area contributed by atoms with Crippen molar-refractivity contribution in [2.75, 3.05) is 71.2 Å².